The molecule has 1 aromatic carbocycles. The number of hydrogen-bond acceptors (Lipinski definition) is 5. The molecule has 0 amide bonds. The molecule has 0 radical (unpaired) electrons. The molecule has 0 aliphatic carbocycles. The monoisotopic (exact) mass is 301 g/mol. The van der Waals surface area contributed by atoms with Gasteiger partial charge in [-0.1, -0.05) is 17.4 Å². The molecular weight excluding hydrogens is 289 g/mol. The molecule has 3 rings (SSSR count). The van der Waals surface area contributed by atoms with E-state index in [0.29, 0.717) is 10.9 Å². The number of aryl methyl sites for hydroxylation is 1. The van der Waals surface area contributed by atoms with Crippen LogP contribution in [0.5, 0.6) is 10.9 Å². The summed E-state index contributed by atoms with van der Waals surface area (Å²) in [4.78, 5) is 9.36. The third-order valence-corrected chi connectivity index (χ3v) is 3.78. The minimum absolute atomic E-state index is 0.0907. The van der Waals surface area contributed by atoms with E-state index in [1.807, 2.05) is 19.1 Å². The van der Waals surface area contributed by atoms with Crippen LogP contribution in [0.15, 0.2) is 42.7 Å². The molecule has 2 N–H and O–H groups in total. The van der Waals surface area contributed by atoms with Crippen molar-refractivity contribution in [1.82, 2.24) is 9.97 Å². The smallest absolute Gasteiger partial charge is 0.279 e. The van der Waals surface area contributed by atoms with Crippen molar-refractivity contribution < 1.29 is 9.13 Å². The predicted molar refractivity (Wildman–Crippen MR) is 81.0 cm³/mol. The summed E-state index contributed by atoms with van der Waals surface area (Å²) in [7, 11) is 0. The first-order chi connectivity index (χ1) is 10.1. The molecule has 0 saturated heterocycles. The molecule has 0 spiro atoms. The second-order valence-corrected chi connectivity index (χ2v) is 5.46. The van der Waals surface area contributed by atoms with Crippen LogP contribution in [0.2, 0.25) is 0 Å². The molecule has 4 nitrogen and oxygen atoms in total. The standard InChI is InChI=1S/C15H12FN3OS/c1-9-2-3-10(7-18-9)14-8-19-15(21-14)20-11-4-5-13(17)12(16)6-11/h2-8H,17H2,1H3. The van der Waals surface area contributed by atoms with Crippen LogP contribution in [0.3, 0.4) is 0 Å². The van der Waals surface area contributed by atoms with E-state index in [-0.39, 0.29) is 5.69 Å². The molecular formula is C15H12FN3OS. The fraction of sp³-hybridized carbons (Fsp3) is 0.0667. The Morgan fingerprint density at radius 3 is 2.71 bits per heavy atom. The molecule has 6 heteroatoms. The largest absolute Gasteiger partial charge is 0.431 e. The van der Waals surface area contributed by atoms with E-state index in [1.54, 1.807) is 18.5 Å². The van der Waals surface area contributed by atoms with Crippen molar-refractivity contribution in [3.05, 3.63) is 54.2 Å². The van der Waals surface area contributed by atoms with Crippen molar-refractivity contribution in [2.24, 2.45) is 0 Å². The number of hydrogen-bond donors (Lipinski definition) is 1. The van der Waals surface area contributed by atoms with Gasteiger partial charge in [0, 0.05) is 29.7 Å². The van der Waals surface area contributed by atoms with Crippen molar-refractivity contribution in [3.63, 3.8) is 0 Å². The van der Waals surface area contributed by atoms with Gasteiger partial charge in [-0.25, -0.2) is 9.37 Å². The zero-order valence-corrected chi connectivity index (χ0v) is 12.0. The number of anilines is 1. The second-order valence-electron chi connectivity index (χ2n) is 4.46. The molecule has 3 aromatic rings. The van der Waals surface area contributed by atoms with Crippen LogP contribution in [0.25, 0.3) is 10.4 Å². The normalized spacial score (nSPS) is 10.6. The summed E-state index contributed by atoms with van der Waals surface area (Å²) in [5.74, 6) is -0.142. The lowest BCUT2D eigenvalue weighted by atomic mass is 10.2. The van der Waals surface area contributed by atoms with Gasteiger partial charge in [0.15, 0.2) is 0 Å². The van der Waals surface area contributed by atoms with Gasteiger partial charge in [0.05, 0.1) is 10.6 Å². The Morgan fingerprint density at radius 2 is 2.00 bits per heavy atom. The van der Waals surface area contributed by atoms with Crippen molar-refractivity contribution >= 4 is 17.0 Å². The summed E-state index contributed by atoms with van der Waals surface area (Å²) < 4.78 is 18.9. The Morgan fingerprint density at radius 1 is 1.14 bits per heavy atom. The Balaban J connectivity index is 1.81. The van der Waals surface area contributed by atoms with E-state index in [4.69, 9.17) is 10.5 Å². The van der Waals surface area contributed by atoms with Crippen LogP contribution in [-0.2, 0) is 0 Å². The lowest BCUT2D eigenvalue weighted by molar-refractivity contribution is 0.473. The fourth-order valence-corrected chi connectivity index (χ4v) is 2.50. The Kier molecular flexibility index (Phi) is 3.53. The molecule has 2 aromatic heterocycles. The number of rotatable bonds is 3. The summed E-state index contributed by atoms with van der Waals surface area (Å²) in [6.45, 7) is 1.93. The van der Waals surface area contributed by atoms with Crippen LogP contribution in [0.4, 0.5) is 10.1 Å². The molecule has 0 atom stereocenters. The average molecular weight is 301 g/mol. The Labute approximate surface area is 125 Å². The lowest BCUT2D eigenvalue weighted by Crippen LogP contribution is -1.91. The summed E-state index contributed by atoms with van der Waals surface area (Å²) in [6.07, 6.45) is 3.50. The minimum atomic E-state index is -0.507. The third kappa shape index (κ3) is 3.00. The molecule has 0 fully saturated rings. The van der Waals surface area contributed by atoms with Gasteiger partial charge in [0.1, 0.15) is 11.6 Å². The minimum Gasteiger partial charge on any atom is -0.431 e. The topological polar surface area (TPSA) is 61.0 Å². The van der Waals surface area contributed by atoms with Crippen molar-refractivity contribution in [2.75, 3.05) is 5.73 Å². The number of aromatic nitrogens is 2. The van der Waals surface area contributed by atoms with Crippen molar-refractivity contribution in [2.45, 2.75) is 6.92 Å². The van der Waals surface area contributed by atoms with Gasteiger partial charge in [0.25, 0.3) is 5.19 Å². The van der Waals surface area contributed by atoms with Gasteiger partial charge in [-0.05, 0) is 25.1 Å². The van der Waals surface area contributed by atoms with E-state index in [2.05, 4.69) is 9.97 Å². The van der Waals surface area contributed by atoms with Gasteiger partial charge in [-0.3, -0.25) is 4.98 Å². The van der Waals surface area contributed by atoms with Crippen LogP contribution in [0.1, 0.15) is 5.69 Å². The summed E-state index contributed by atoms with van der Waals surface area (Å²) >= 11 is 1.37. The number of ether oxygens (including phenoxy) is 1. The number of halogens is 1. The maximum absolute atomic E-state index is 13.4. The van der Waals surface area contributed by atoms with E-state index in [9.17, 15) is 4.39 Å². The van der Waals surface area contributed by atoms with Gasteiger partial charge >= 0.3 is 0 Å². The molecule has 0 saturated carbocycles. The van der Waals surface area contributed by atoms with Crippen LogP contribution in [0, 0.1) is 12.7 Å². The third-order valence-electron chi connectivity index (χ3n) is 2.86. The molecule has 0 unspecified atom stereocenters. The van der Waals surface area contributed by atoms with Gasteiger partial charge in [-0.15, -0.1) is 0 Å². The molecule has 21 heavy (non-hydrogen) atoms. The number of nitrogen functional groups attached to an aromatic ring is 1. The Hall–Kier alpha value is -2.47. The zero-order valence-electron chi connectivity index (χ0n) is 11.2. The predicted octanol–water partition coefficient (Wildman–Crippen LogP) is 4.03. The highest BCUT2D eigenvalue weighted by molar-refractivity contribution is 7.16. The van der Waals surface area contributed by atoms with E-state index in [0.717, 1.165) is 16.1 Å². The van der Waals surface area contributed by atoms with E-state index in [1.165, 1.54) is 23.5 Å². The number of thiazole rings is 1. The second kappa shape index (κ2) is 5.49. The summed E-state index contributed by atoms with van der Waals surface area (Å²) in [5.41, 5.74) is 7.44. The first-order valence-electron chi connectivity index (χ1n) is 6.23. The Bertz CT molecular complexity index is 771. The maximum atomic E-state index is 13.4. The molecule has 0 aliphatic rings. The van der Waals surface area contributed by atoms with Crippen molar-refractivity contribution in [3.8, 4) is 21.4 Å². The number of pyridine rings is 1. The van der Waals surface area contributed by atoms with Gasteiger partial charge < -0.3 is 10.5 Å². The first-order valence-corrected chi connectivity index (χ1v) is 7.05. The van der Waals surface area contributed by atoms with Crippen molar-refractivity contribution in [1.29, 1.82) is 0 Å². The number of benzene rings is 1. The quantitative estimate of drug-likeness (QED) is 0.742. The highest BCUT2D eigenvalue weighted by atomic mass is 32.1. The molecule has 106 valence electrons. The summed E-state index contributed by atoms with van der Waals surface area (Å²) in [5, 5.41) is 0.440. The van der Waals surface area contributed by atoms with E-state index >= 15 is 0 Å². The van der Waals surface area contributed by atoms with Crippen LogP contribution >= 0.6 is 11.3 Å². The maximum Gasteiger partial charge on any atom is 0.279 e. The SMILES string of the molecule is Cc1ccc(-c2cnc(Oc3ccc(N)c(F)c3)s2)cn1. The lowest BCUT2D eigenvalue weighted by Gasteiger charge is -2.02. The fourth-order valence-electron chi connectivity index (χ4n) is 1.72. The average Bonchev–Trinajstić information content (AvgIpc) is 2.92. The van der Waals surface area contributed by atoms with Crippen LogP contribution in [-0.4, -0.2) is 9.97 Å². The molecule has 2 heterocycles. The number of nitrogens with zero attached hydrogens (tertiary/aromatic N) is 2. The van der Waals surface area contributed by atoms with Crippen LogP contribution < -0.4 is 10.5 Å². The highest BCUT2D eigenvalue weighted by Crippen LogP contribution is 2.33. The van der Waals surface area contributed by atoms with Gasteiger partial charge in [0.2, 0.25) is 0 Å². The highest BCUT2D eigenvalue weighted by Gasteiger charge is 2.08. The van der Waals surface area contributed by atoms with Gasteiger partial charge in [-0.2, -0.15) is 0 Å². The first kappa shape index (κ1) is 13.5. The number of nitrogens with two attached hydrogens (primary N) is 1. The van der Waals surface area contributed by atoms with E-state index < -0.39 is 5.82 Å². The summed E-state index contributed by atoms with van der Waals surface area (Å²) in [6, 6.07) is 8.22. The molecule has 0 bridgehead atoms. The zero-order chi connectivity index (χ0) is 14.8. The molecule has 0 aliphatic heterocycles.